The van der Waals surface area contributed by atoms with Crippen molar-refractivity contribution in [3.05, 3.63) is 64.9 Å². The maximum Gasteiger partial charge on any atom is 0.248 e. The van der Waals surface area contributed by atoms with Gasteiger partial charge < -0.3 is 25.2 Å². The molecular weight excluding hydrogens is 461 g/mol. The molecule has 1 aliphatic heterocycles. The molecule has 0 unspecified atom stereocenters. The zero-order chi connectivity index (χ0) is 24.1. The number of carbonyl (C=O) groups is 1. The molecule has 1 fully saturated rings. The Bertz CT molecular complexity index is 1230. The van der Waals surface area contributed by atoms with E-state index >= 15 is 0 Å². The van der Waals surface area contributed by atoms with E-state index in [0.717, 1.165) is 19.3 Å². The number of aromatic nitrogens is 2. The van der Waals surface area contributed by atoms with Gasteiger partial charge in [0.2, 0.25) is 5.91 Å². The molecule has 0 spiro atoms. The zero-order valence-corrected chi connectivity index (χ0v) is 19.4. The minimum Gasteiger partial charge on any atom is -0.633 e. The Labute approximate surface area is 201 Å². The van der Waals surface area contributed by atoms with E-state index in [2.05, 4.69) is 20.6 Å². The van der Waals surface area contributed by atoms with E-state index in [1.54, 1.807) is 24.3 Å². The number of ether oxygens (including phenoxy) is 1. The molecule has 1 saturated heterocycles. The summed E-state index contributed by atoms with van der Waals surface area (Å²) in [6.07, 6.45) is 7.30. The number of methoxy groups -OCH3 is 1. The summed E-state index contributed by atoms with van der Waals surface area (Å²) < 4.78 is 18.6. The molecule has 0 radical (unpaired) electrons. The number of fused-ring (bicyclic) bond motifs is 1. The van der Waals surface area contributed by atoms with Crippen LogP contribution in [-0.4, -0.2) is 47.3 Å². The van der Waals surface area contributed by atoms with Crippen LogP contribution in [0.4, 0.5) is 21.6 Å². The molecule has 0 bridgehead atoms. The highest BCUT2D eigenvalue weighted by atomic mass is 35.5. The number of amides is 1. The number of benzene rings is 2. The fourth-order valence-electron chi connectivity index (χ4n) is 3.96. The van der Waals surface area contributed by atoms with Crippen molar-refractivity contribution < 1.29 is 18.6 Å². The van der Waals surface area contributed by atoms with Gasteiger partial charge in [-0.25, -0.2) is 14.4 Å². The quantitative estimate of drug-likeness (QED) is 0.272. The second-order valence-electron chi connectivity index (χ2n) is 8.19. The summed E-state index contributed by atoms with van der Waals surface area (Å²) in [6.45, 7) is 1.43. The average Bonchev–Trinajstić information content (AvgIpc) is 2.82. The van der Waals surface area contributed by atoms with E-state index < -0.39 is 5.82 Å². The molecule has 1 amide bonds. The van der Waals surface area contributed by atoms with Crippen molar-refractivity contribution in [2.75, 3.05) is 37.4 Å². The van der Waals surface area contributed by atoms with Gasteiger partial charge >= 0.3 is 0 Å². The van der Waals surface area contributed by atoms with Crippen molar-refractivity contribution in [2.45, 2.75) is 19.3 Å². The first-order valence-corrected chi connectivity index (χ1v) is 11.3. The fraction of sp³-hybridized carbons (Fsp3) is 0.292. The highest BCUT2D eigenvalue weighted by molar-refractivity contribution is 6.31. The van der Waals surface area contributed by atoms with E-state index in [-0.39, 0.29) is 22.1 Å². The van der Waals surface area contributed by atoms with Crippen LogP contribution in [-0.2, 0) is 4.79 Å². The molecule has 1 aromatic heterocycles. The number of carbonyl (C=O) groups excluding carboxylic acids is 1. The molecule has 34 heavy (non-hydrogen) atoms. The van der Waals surface area contributed by atoms with Crippen molar-refractivity contribution in [3.8, 4) is 5.75 Å². The Morgan fingerprint density at radius 2 is 2.03 bits per heavy atom. The normalized spacial score (nSPS) is 15.4. The van der Waals surface area contributed by atoms with Crippen molar-refractivity contribution in [3.63, 3.8) is 0 Å². The Kier molecular flexibility index (Phi) is 7.26. The molecule has 1 aliphatic rings. The Balaban J connectivity index is 1.55. The van der Waals surface area contributed by atoms with Crippen molar-refractivity contribution in [1.29, 1.82) is 0 Å². The summed E-state index contributed by atoms with van der Waals surface area (Å²) in [5, 5.41) is 19.1. The van der Waals surface area contributed by atoms with Gasteiger partial charge in [0.15, 0.2) is 0 Å². The second-order valence-corrected chi connectivity index (χ2v) is 8.59. The van der Waals surface area contributed by atoms with Crippen molar-refractivity contribution in [2.24, 2.45) is 0 Å². The molecule has 3 aromatic rings. The first-order valence-electron chi connectivity index (χ1n) is 11.0. The van der Waals surface area contributed by atoms with Gasteiger partial charge in [0, 0.05) is 23.2 Å². The van der Waals surface area contributed by atoms with Gasteiger partial charge in [-0.3, -0.25) is 4.79 Å². The summed E-state index contributed by atoms with van der Waals surface area (Å²) in [4.78, 5) is 21.1. The van der Waals surface area contributed by atoms with Crippen molar-refractivity contribution >= 4 is 45.6 Å². The lowest BCUT2D eigenvalue weighted by Gasteiger charge is -2.44. The molecule has 0 atom stereocenters. The van der Waals surface area contributed by atoms with Gasteiger partial charge in [-0.05, 0) is 49.6 Å². The monoisotopic (exact) mass is 485 g/mol. The summed E-state index contributed by atoms with van der Waals surface area (Å²) in [5.41, 5.74) is 1.55. The molecule has 4 rings (SSSR count). The molecule has 2 N–H and O–H groups in total. The van der Waals surface area contributed by atoms with E-state index in [1.165, 1.54) is 31.6 Å². The number of piperidine rings is 1. The maximum absolute atomic E-state index is 13.5. The second kappa shape index (κ2) is 10.3. The van der Waals surface area contributed by atoms with Crippen molar-refractivity contribution in [1.82, 2.24) is 9.97 Å². The lowest BCUT2D eigenvalue weighted by molar-refractivity contribution is -0.879. The predicted molar refractivity (Wildman–Crippen MR) is 131 cm³/mol. The molecule has 0 aliphatic carbocycles. The number of halogens is 2. The van der Waals surface area contributed by atoms with Crippen LogP contribution in [0.1, 0.15) is 19.3 Å². The Morgan fingerprint density at radius 1 is 1.24 bits per heavy atom. The average molecular weight is 486 g/mol. The van der Waals surface area contributed by atoms with Crippen LogP contribution in [0.3, 0.4) is 0 Å². The lowest BCUT2D eigenvalue weighted by Crippen LogP contribution is -2.46. The minimum atomic E-state index is -0.521. The number of quaternary nitrogens is 1. The third-order valence-electron chi connectivity index (χ3n) is 5.74. The predicted octanol–water partition coefficient (Wildman–Crippen LogP) is 5.17. The number of rotatable bonds is 7. The zero-order valence-electron chi connectivity index (χ0n) is 18.7. The molecule has 8 nitrogen and oxygen atoms in total. The number of nitrogens with zero attached hydrogens (tertiary/aromatic N) is 3. The molecule has 2 aromatic carbocycles. The number of hydrogen-bond acceptors (Lipinski definition) is 6. The first-order chi connectivity index (χ1) is 16.4. The van der Waals surface area contributed by atoms with Crippen LogP contribution in [0.25, 0.3) is 10.9 Å². The SMILES string of the molecule is COc1cc2ncnc(Nc3ccc(F)c(Cl)c3)c2cc1NC(=O)/C=C/C[N+]1([O-])CCCCC1. The smallest absolute Gasteiger partial charge is 0.248 e. The molecule has 10 heteroatoms. The molecule has 0 saturated carbocycles. The van der Waals surface area contributed by atoms with Crippen LogP contribution in [0.15, 0.2) is 48.8 Å². The van der Waals surface area contributed by atoms with E-state index in [1.807, 2.05) is 0 Å². The third kappa shape index (κ3) is 5.61. The van der Waals surface area contributed by atoms with Gasteiger partial charge in [-0.2, -0.15) is 0 Å². The molecular formula is C24H25ClFN5O3. The lowest BCUT2D eigenvalue weighted by atomic mass is 10.1. The summed E-state index contributed by atoms with van der Waals surface area (Å²) in [7, 11) is 1.50. The number of likely N-dealkylation sites (tertiary alicyclic amines) is 1. The van der Waals surface area contributed by atoms with Gasteiger partial charge in [-0.1, -0.05) is 11.6 Å². The fourth-order valence-corrected chi connectivity index (χ4v) is 4.14. The highest BCUT2D eigenvalue weighted by Gasteiger charge is 2.19. The molecule has 178 valence electrons. The number of hydroxylamine groups is 3. The van der Waals surface area contributed by atoms with E-state index in [4.69, 9.17) is 16.3 Å². The van der Waals surface area contributed by atoms with Crippen LogP contribution in [0.5, 0.6) is 5.75 Å². The van der Waals surface area contributed by atoms with Gasteiger partial charge in [0.05, 0.1) is 43.0 Å². The third-order valence-corrected chi connectivity index (χ3v) is 6.03. The van der Waals surface area contributed by atoms with Gasteiger partial charge in [-0.15, -0.1) is 0 Å². The van der Waals surface area contributed by atoms with Crippen LogP contribution in [0.2, 0.25) is 5.02 Å². The number of hydrogen-bond donors (Lipinski definition) is 2. The number of nitrogens with one attached hydrogen (secondary N) is 2. The van der Waals surface area contributed by atoms with E-state index in [0.29, 0.717) is 46.9 Å². The molecule has 2 heterocycles. The Hall–Kier alpha value is -3.27. The van der Waals surface area contributed by atoms with E-state index in [9.17, 15) is 14.4 Å². The first kappa shape index (κ1) is 23.9. The Morgan fingerprint density at radius 3 is 2.76 bits per heavy atom. The minimum absolute atomic E-state index is 0.0171. The largest absolute Gasteiger partial charge is 0.633 e. The standard InChI is InChI=1S/C24H25ClFN5O3/c1-34-22-14-20-17(24(28-15-27-20)29-16-7-8-19(26)18(25)12-16)13-21(22)30-23(32)6-5-11-31(33)9-3-2-4-10-31/h5-8,12-15H,2-4,9-11H2,1H3,(H,30,32)(H,27,28,29)/b6-5+. The highest BCUT2D eigenvalue weighted by Crippen LogP contribution is 2.33. The summed E-state index contributed by atoms with van der Waals surface area (Å²) in [5.74, 6) is -0.0259. The summed E-state index contributed by atoms with van der Waals surface area (Å²) in [6, 6.07) is 7.63. The van der Waals surface area contributed by atoms with Crippen LogP contribution in [0, 0.1) is 11.0 Å². The summed E-state index contributed by atoms with van der Waals surface area (Å²) >= 11 is 5.88. The number of anilines is 3. The maximum atomic E-state index is 13.5. The topological polar surface area (TPSA) is 99.2 Å². The van der Waals surface area contributed by atoms with Gasteiger partial charge in [0.1, 0.15) is 23.7 Å². The van der Waals surface area contributed by atoms with Gasteiger partial charge in [0.25, 0.3) is 0 Å². The van der Waals surface area contributed by atoms with Crippen LogP contribution < -0.4 is 15.4 Å². The van der Waals surface area contributed by atoms with Crippen LogP contribution >= 0.6 is 11.6 Å².